The van der Waals surface area contributed by atoms with Crippen LogP contribution in [0.15, 0.2) is 46.9 Å². The summed E-state index contributed by atoms with van der Waals surface area (Å²) in [7, 11) is 0. The topological polar surface area (TPSA) is 55.1 Å². The molecule has 0 spiro atoms. The molecular weight excluding hydrogens is 316 g/mol. The van der Waals surface area contributed by atoms with E-state index in [0.29, 0.717) is 11.3 Å². The maximum absolute atomic E-state index is 12.2. The van der Waals surface area contributed by atoms with Crippen molar-refractivity contribution in [1.29, 1.82) is 0 Å². The minimum Gasteiger partial charge on any atom is -0.399 e. The SMILES string of the molecule is Cc1cc(C(=O)N[C@H](C)c2cccc(Br)c2)ccc1N. The van der Waals surface area contributed by atoms with Gasteiger partial charge in [-0.05, 0) is 55.3 Å². The van der Waals surface area contributed by atoms with Crippen LogP contribution in [-0.2, 0) is 0 Å². The molecule has 104 valence electrons. The highest BCUT2D eigenvalue weighted by Crippen LogP contribution is 2.19. The summed E-state index contributed by atoms with van der Waals surface area (Å²) in [6.45, 7) is 3.85. The molecule has 2 aromatic carbocycles. The number of hydrogen-bond acceptors (Lipinski definition) is 2. The molecular formula is C16H17BrN2O. The van der Waals surface area contributed by atoms with Crippen LogP contribution in [0, 0.1) is 6.92 Å². The number of carbonyl (C=O) groups is 1. The van der Waals surface area contributed by atoms with Crippen molar-refractivity contribution in [2.75, 3.05) is 5.73 Å². The molecule has 3 nitrogen and oxygen atoms in total. The van der Waals surface area contributed by atoms with Gasteiger partial charge in [-0.1, -0.05) is 28.1 Å². The van der Waals surface area contributed by atoms with Gasteiger partial charge in [0.2, 0.25) is 0 Å². The van der Waals surface area contributed by atoms with Gasteiger partial charge in [0.25, 0.3) is 5.91 Å². The van der Waals surface area contributed by atoms with Crippen molar-refractivity contribution in [3.8, 4) is 0 Å². The van der Waals surface area contributed by atoms with Gasteiger partial charge in [-0.3, -0.25) is 4.79 Å². The smallest absolute Gasteiger partial charge is 0.251 e. The zero-order valence-corrected chi connectivity index (χ0v) is 13.1. The van der Waals surface area contributed by atoms with Crippen molar-refractivity contribution in [2.24, 2.45) is 0 Å². The quantitative estimate of drug-likeness (QED) is 0.839. The van der Waals surface area contributed by atoms with Gasteiger partial charge >= 0.3 is 0 Å². The van der Waals surface area contributed by atoms with E-state index in [-0.39, 0.29) is 11.9 Å². The van der Waals surface area contributed by atoms with Crippen LogP contribution in [0.4, 0.5) is 5.69 Å². The van der Waals surface area contributed by atoms with Crippen LogP contribution in [-0.4, -0.2) is 5.91 Å². The fourth-order valence-corrected chi connectivity index (χ4v) is 2.37. The molecule has 0 bridgehead atoms. The Kier molecular flexibility index (Phi) is 4.45. The second kappa shape index (κ2) is 6.09. The molecule has 0 fully saturated rings. The van der Waals surface area contributed by atoms with Crippen LogP contribution < -0.4 is 11.1 Å². The first-order valence-electron chi connectivity index (χ1n) is 6.40. The van der Waals surface area contributed by atoms with Crippen molar-refractivity contribution >= 4 is 27.5 Å². The zero-order valence-electron chi connectivity index (χ0n) is 11.5. The Morgan fingerprint density at radius 1 is 1.25 bits per heavy atom. The van der Waals surface area contributed by atoms with Gasteiger partial charge in [-0.2, -0.15) is 0 Å². The Balaban J connectivity index is 2.13. The highest BCUT2D eigenvalue weighted by Gasteiger charge is 2.12. The van der Waals surface area contributed by atoms with Crippen molar-refractivity contribution < 1.29 is 4.79 Å². The second-order valence-electron chi connectivity index (χ2n) is 4.82. The normalized spacial score (nSPS) is 11.9. The van der Waals surface area contributed by atoms with E-state index in [1.165, 1.54) is 0 Å². The van der Waals surface area contributed by atoms with E-state index >= 15 is 0 Å². The average Bonchev–Trinajstić information content (AvgIpc) is 2.41. The van der Waals surface area contributed by atoms with Crippen LogP contribution in [0.2, 0.25) is 0 Å². The lowest BCUT2D eigenvalue weighted by atomic mass is 10.1. The zero-order chi connectivity index (χ0) is 14.7. The molecule has 0 aromatic heterocycles. The van der Waals surface area contributed by atoms with E-state index in [9.17, 15) is 4.79 Å². The molecule has 0 aliphatic rings. The molecule has 2 rings (SSSR count). The van der Waals surface area contributed by atoms with E-state index in [1.807, 2.05) is 38.1 Å². The predicted octanol–water partition coefficient (Wildman–Crippen LogP) is 3.83. The molecule has 1 atom stereocenters. The fourth-order valence-electron chi connectivity index (χ4n) is 1.96. The number of benzene rings is 2. The summed E-state index contributed by atoms with van der Waals surface area (Å²) < 4.78 is 0.999. The van der Waals surface area contributed by atoms with E-state index < -0.39 is 0 Å². The van der Waals surface area contributed by atoms with Gasteiger partial charge < -0.3 is 11.1 Å². The third-order valence-electron chi connectivity index (χ3n) is 3.23. The highest BCUT2D eigenvalue weighted by atomic mass is 79.9. The lowest BCUT2D eigenvalue weighted by Crippen LogP contribution is -2.26. The number of amides is 1. The van der Waals surface area contributed by atoms with E-state index in [4.69, 9.17) is 5.73 Å². The maximum atomic E-state index is 12.2. The summed E-state index contributed by atoms with van der Waals surface area (Å²) >= 11 is 3.43. The minimum absolute atomic E-state index is 0.0575. The molecule has 0 heterocycles. The second-order valence-corrected chi connectivity index (χ2v) is 5.74. The molecule has 0 aliphatic heterocycles. The lowest BCUT2D eigenvalue weighted by molar-refractivity contribution is 0.0940. The summed E-state index contributed by atoms with van der Waals surface area (Å²) in [6, 6.07) is 13.1. The predicted molar refractivity (Wildman–Crippen MR) is 85.6 cm³/mol. The number of carbonyl (C=O) groups excluding carboxylic acids is 1. The molecule has 0 unspecified atom stereocenters. The standard InChI is InChI=1S/C16H17BrN2O/c1-10-8-13(6-7-15(10)18)16(20)19-11(2)12-4-3-5-14(17)9-12/h3-9,11H,18H2,1-2H3,(H,19,20)/t11-/m1/s1. The summed E-state index contributed by atoms with van der Waals surface area (Å²) in [4.78, 5) is 12.2. The molecule has 4 heteroatoms. The van der Waals surface area contributed by atoms with Gasteiger partial charge in [-0.15, -0.1) is 0 Å². The first-order valence-corrected chi connectivity index (χ1v) is 7.19. The van der Waals surface area contributed by atoms with Gasteiger partial charge in [0.15, 0.2) is 0 Å². The molecule has 0 saturated heterocycles. The largest absolute Gasteiger partial charge is 0.399 e. The van der Waals surface area contributed by atoms with E-state index in [1.54, 1.807) is 18.2 Å². The summed E-state index contributed by atoms with van der Waals surface area (Å²) in [5, 5.41) is 2.99. The van der Waals surface area contributed by atoms with E-state index in [0.717, 1.165) is 15.6 Å². The molecule has 1 amide bonds. The van der Waals surface area contributed by atoms with E-state index in [2.05, 4.69) is 21.2 Å². The van der Waals surface area contributed by atoms with Gasteiger partial charge in [0.1, 0.15) is 0 Å². The molecule has 0 radical (unpaired) electrons. The van der Waals surface area contributed by atoms with Crippen LogP contribution >= 0.6 is 15.9 Å². The van der Waals surface area contributed by atoms with Crippen LogP contribution in [0.25, 0.3) is 0 Å². The Hall–Kier alpha value is -1.81. The lowest BCUT2D eigenvalue weighted by Gasteiger charge is -2.15. The Morgan fingerprint density at radius 3 is 2.65 bits per heavy atom. The summed E-state index contributed by atoms with van der Waals surface area (Å²) in [6.07, 6.45) is 0. The number of rotatable bonds is 3. The maximum Gasteiger partial charge on any atom is 0.251 e. The number of anilines is 1. The minimum atomic E-state index is -0.0967. The van der Waals surface area contributed by atoms with Gasteiger partial charge in [0.05, 0.1) is 6.04 Å². The van der Waals surface area contributed by atoms with Crippen LogP contribution in [0.1, 0.15) is 34.5 Å². The fraction of sp³-hybridized carbons (Fsp3) is 0.188. The summed E-state index contributed by atoms with van der Waals surface area (Å²) in [5.74, 6) is -0.0967. The number of nitrogens with two attached hydrogens (primary N) is 1. The highest BCUT2D eigenvalue weighted by molar-refractivity contribution is 9.10. The molecule has 20 heavy (non-hydrogen) atoms. The number of nitrogen functional groups attached to an aromatic ring is 1. The number of nitrogens with one attached hydrogen (secondary N) is 1. The Labute approximate surface area is 127 Å². The van der Waals surface area contributed by atoms with Crippen LogP contribution in [0.3, 0.4) is 0 Å². The molecule has 0 saturated carbocycles. The van der Waals surface area contributed by atoms with Gasteiger partial charge in [0, 0.05) is 15.7 Å². The first-order chi connectivity index (χ1) is 9.47. The molecule has 3 N–H and O–H groups in total. The van der Waals surface area contributed by atoms with Gasteiger partial charge in [-0.25, -0.2) is 0 Å². The van der Waals surface area contributed by atoms with Crippen molar-refractivity contribution in [3.05, 3.63) is 63.6 Å². The average molecular weight is 333 g/mol. The number of aryl methyl sites for hydroxylation is 1. The Morgan fingerprint density at radius 2 is 2.00 bits per heavy atom. The molecule has 2 aromatic rings. The first kappa shape index (κ1) is 14.6. The van der Waals surface area contributed by atoms with Crippen LogP contribution in [0.5, 0.6) is 0 Å². The number of halogens is 1. The third-order valence-corrected chi connectivity index (χ3v) is 3.72. The molecule has 0 aliphatic carbocycles. The van der Waals surface area contributed by atoms with Crippen molar-refractivity contribution in [3.63, 3.8) is 0 Å². The monoisotopic (exact) mass is 332 g/mol. The number of hydrogen-bond donors (Lipinski definition) is 2. The summed E-state index contributed by atoms with van der Waals surface area (Å²) in [5.41, 5.74) is 9.05. The van der Waals surface area contributed by atoms with Crippen molar-refractivity contribution in [2.45, 2.75) is 19.9 Å². The van der Waals surface area contributed by atoms with Crippen molar-refractivity contribution in [1.82, 2.24) is 5.32 Å². The Bertz CT molecular complexity index is 640. The third kappa shape index (κ3) is 3.39.